The number of urea groups is 2. The molecule has 0 bridgehead atoms. The second-order valence-electron chi connectivity index (χ2n) is 7.05. The van der Waals surface area contributed by atoms with Crippen LogP contribution in [0.25, 0.3) is 0 Å². The lowest BCUT2D eigenvalue weighted by Crippen LogP contribution is -2.56. The third-order valence-corrected chi connectivity index (χ3v) is 4.64. The van der Waals surface area contributed by atoms with E-state index in [0.29, 0.717) is 13.1 Å². The van der Waals surface area contributed by atoms with E-state index >= 15 is 0 Å². The maximum Gasteiger partial charge on any atom is 0.325 e. The number of nitrogens with zero attached hydrogens (tertiary/aromatic N) is 1. The topological polar surface area (TPSA) is 61.4 Å². The van der Waals surface area contributed by atoms with Gasteiger partial charge in [-0.3, -0.25) is 5.32 Å². The van der Waals surface area contributed by atoms with Crippen LogP contribution in [0.5, 0.6) is 0 Å². The van der Waals surface area contributed by atoms with E-state index in [9.17, 15) is 9.59 Å². The number of aryl methyl sites for hydroxylation is 1. The van der Waals surface area contributed by atoms with Crippen LogP contribution in [0.3, 0.4) is 0 Å². The van der Waals surface area contributed by atoms with Crippen molar-refractivity contribution in [1.29, 1.82) is 0 Å². The number of imide groups is 1. The van der Waals surface area contributed by atoms with Gasteiger partial charge in [0, 0.05) is 18.6 Å². The van der Waals surface area contributed by atoms with Crippen molar-refractivity contribution in [1.82, 2.24) is 15.5 Å². The van der Waals surface area contributed by atoms with E-state index in [1.807, 2.05) is 32.0 Å². The number of rotatable bonds is 5. The van der Waals surface area contributed by atoms with Crippen molar-refractivity contribution in [2.75, 3.05) is 13.1 Å². The lowest BCUT2D eigenvalue weighted by atomic mass is 9.91. The number of carbonyl (C=O) groups is 2. The molecule has 0 aliphatic carbocycles. The van der Waals surface area contributed by atoms with Crippen LogP contribution in [0.15, 0.2) is 30.3 Å². The minimum atomic E-state index is -0.402. The first-order chi connectivity index (χ1) is 11.5. The van der Waals surface area contributed by atoms with Crippen molar-refractivity contribution in [3.8, 4) is 0 Å². The molecule has 0 aromatic heterocycles. The highest BCUT2D eigenvalue weighted by Crippen LogP contribution is 2.26. The van der Waals surface area contributed by atoms with Gasteiger partial charge in [0.05, 0.1) is 0 Å². The quantitative estimate of drug-likeness (QED) is 0.808. The Hall–Kier alpha value is -2.04. The molecular weight excluding hydrogens is 302 g/mol. The number of likely N-dealkylation sites (tertiary alicyclic amines) is 1. The second-order valence-corrected chi connectivity index (χ2v) is 7.05. The molecular formula is C19H29N3O2. The first-order valence-electron chi connectivity index (χ1n) is 8.89. The van der Waals surface area contributed by atoms with Gasteiger partial charge < -0.3 is 10.2 Å². The number of benzene rings is 1. The largest absolute Gasteiger partial charge is 0.338 e. The summed E-state index contributed by atoms with van der Waals surface area (Å²) < 4.78 is 0. The van der Waals surface area contributed by atoms with Gasteiger partial charge >= 0.3 is 12.1 Å². The van der Waals surface area contributed by atoms with E-state index in [4.69, 9.17) is 0 Å². The maximum atomic E-state index is 12.3. The van der Waals surface area contributed by atoms with Crippen LogP contribution in [-0.4, -0.2) is 35.6 Å². The average molecular weight is 331 g/mol. The molecule has 0 spiro atoms. The van der Waals surface area contributed by atoms with Crippen molar-refractivity contribution in [2.24, 2.45) is 0 Å². The van der Waals surface area contributed by atoms with E-state index in [2.05, 4.69) is 22.8 Å². The molecule has 0 atom stereocenters. The van der Waals surface area contributed by atoms with Crippen LogP contribution in [0.4, 0.5) is 9.59 Å². The summed E-state index contributed by atoms with van der Waals surface area (Å²) >= 11 is 0. The third-order valence-electron chi connectivity index (χ3n) is 4.64. The summed E-state index contributed by atoms with van der Waals surface area (Å²) in [4.78, 5) is 25.9. The number of unbranched alkanes of at least 4 members (excludes halogenated alkanes) is 1. The number of carbonyl (C=O) groups excluding carboxylic acids is 2. The molecule has 1 aromatic carbocycles. The van der Waals surface area contributed by atoms with Gasteiger partial charge in [-0.15, -0.1) is 0 Å². The number of hydrogen-bond acceptors (Lipinski definition) is 2. The van der Waals surface area contributed by atoms with Crippen molar-refractivity contribution in [3.63, 3.8) is 0 Å². The number of nitrogens with one attached hydrogen (secondary N) is 2. The van der Waals surface area contributed by atoms with Gasteiger partial charge in [-0.05, 0) is 57.9 Å². The molecule has 1 saturated heterocycles. The summed E-state index contributed by atoms with van der Waals surface area (Å²) in [5, 5.41) is 5.22. The summed E-state index contributed by atoms with van der Waals surface area (Å²) in [7, 11) is 0. The molecule has 24 heavy (non-hydrogen) atoms. The fraction of sp³-hybridized carbons (Fsp3) is 0.579. The van der Waals surface area contributed by atoms with Crippen molar-refractivity contribution in [3.05, 3.63) is 35.9 Å². The fourth-order valence-corrected chi connectivity index (χ4v) is 3.15. The zero-order chi connectivity index (χ0) is 17.4. The predicted molar refractivity (Wildman–Crippen MR) is 95.9 cm³/mol. The molecule has 2 N–H and O–H groups in total. The Kier molecular flexibility index (Phi) is 6.64. The molecule has 1 aliphatic heterocycles. The summed E-state index contributed by atoms with van der Waals surface area (Å²) in [5.41, 5.74) is 1.13. The second kappa shape index (κ2) is 8.71. The number of amides is 4. The highest BCUT2D eigenvalue weighted by atomic mass is 16.2. The standard InChI is InChI=1S/C19H29N3O2/c1-19(2)13-7-9-15-22(19)18(24)21-17(23)20-14-8-6-12-16-10-4-3-5-11-16/h3-5,10-11H,6-9,12-15H2,1-2H3,(H2,20,21,23,24). The Morgan fingerprint density at radius 3 is 2.58 bits per heavy atom. The summed E-state index contributed by atoms with van der Waals surface area (Å²) in [6.07, 6.45) is 6.01. The zero-order valence-electron chi connectivity index (χ0n) is 14.8. The first kappa shape index (κ1) is 18.3. The molecule has 5 heteroatoms. The molecule has 1 fully saturated rings. The van der Waals surface area contributed by atoms with Gasteiger partial charge in [0.1, 0.15) is 0 Å². The highest BCUT2D eigenvalue weighted by molar-refractivity contribution is 5.93. The van der Waals surface area contributed by atoms with Crippen LogP contribution in [-0.2, 0) is 6.42 Å². The van der Waals surface area contributed by atoms with Crippen LogP contribution < -0.4 is 10.6 Å². The fourth-order valence-electron chi connectivity index (χ4n) is 3.15. The Morgan fingerprint density at radius 1 is 1.12 bits per heavy atom. The Bertz CT molecular complexity index is 543. The molecule has 5 nitrogen and oxygen atoms in total. The van der Waals surface area contributed by atoms with E-state index < -0.39 is 6.03 Å². The van der Waals surface area contributed by atoms with E-state index in [0.717, 1.165) is 38.5 Å². The molecule has 0 radical (unpaired) electrons. The zero-order valence-corrected chi connectivity index (χ0v) is 14.8. The van der Waals surface area contributed by atoms with E-state index in [-0.39, 0.29) is 11.6 Å². The lowest BCUT2D eigenvalue weighted by molar-refractivity contribution is 0.104. The molecule has 1 aromatic rings. The molecule has 0 unspecified atom stereocenters. The Labute approximate surface area is 144 Å². The third kappa shape index (κ3) is 5.55. The molecule has 1 heterocycles. The first-order valence-corrected chi connectivity index (χ1v) is 8.89. The molecule has 2 rings (SSSR count). The van der Waals surface area contributed by atoms with E-state index in [1.165, 1.54) is 5.56 Å². The molecule has 1 aliphatic rings. The monoisotopic (exact) mass is 331 g/mol. The van der Waals surface area contributed by atoms with E-state index in [1.54, 1.807) is 4.90 Å². The van der Waals surface area contributed by atoms with Crippen LogP contribution in [0.1, 0.15) is 51.5 Å². The van der Waals surface area contributed by atoms with Gasteiger partial charge in [-0.2, -0.15) is 0 Å². The minimum Gasteiger partial charge on any atom is -0.338 e. The Morgan fingerprint density at radius 2 is 1.88 bits per heavy atom. The summed E-state index contributed by atoms with van der Waals surface area (Å²) in [6, 6.07) is 9.61. The Balaban J connectivity index is 1.63. The molecule has 4 amide bonds. The number of hydrogen-bond donors (Lipinski definition) is 2. The van der Waals surface area contributed by atoms with Gasteiger partial charge in [0.25, 0.3) is 0 Å². The normalized spacial score (nSPS) is 16.5. The van der Waals surface area contributed by atoms with Crippen LogP contribution >= 0.6 is 0 Å². The average Bonchev–Trinajstić information content (AvgIpc) is 2.55. The van der Waals surface area contributed by atoms with Crippen molar-refractivity contribution < 1.29 is 9.59 Å². The smallest absolute Gasteiger partial charge is 0.325 e. The highest BCUT2D eigenvalue weighted by Gasteiger charge is 2.33. The summed E-state index contributed by atoms with van der Waals surface area (Å²) in [6.45, 7) is 5.39. The lowest BCUT2D eigenvalue weighted by Gasteiger charge is -2.42. The minimum absolute atomic E-state index is 0.182. The molecule has 0 saturated carbocycles. The van der Waals surface area contributed by atoms with Crippen molar-refractivity contribution in [2.45, 2.75) is 57.9 Å². The predicted octanol–water partition coefficient (Wildman–Crippen LogP) is 3.69. The van der Waals surface area contributed by atoms with Gasteiger partial charge in [0.15, 0.2) is 0 Å². The summed E-state index contributed by atoms with van der Waals surface area (Å²) in [5.74, 6) is 0. The van der Waals surface area contributed by atoms with Crippen LogP contribution in [0, 0.1) is 0 Å². The van der Waals surface area contributed by atoms with Gasteiger partial charge in [-0.1, -0.05) is 30.3 Å². The molecule has 132 valence electrons. The van der Waals surface area contributed by atoms with Gasteiger partial charge in [-0.25, -0.2) is 9.59 Å². The van der Waals surface area contributed by atoms with Crippen molar-refractivity contribution >= 4 is 12.1 Å². The number of piperidine rings is 1. The van der Waals surface area contributed by atoms with Crippen LogP contribution in [0.2, 0.25) is 0 Å². The SMILES string of the molecule is CC1(C)CCCCN1C(=O)NC(=O)NCCCCc1ccccc1. The van der Waals surface area contributed by atoms with Gasteiger partial charge in [0.2, 0.25) is 0 Å². The maximum absolute atomic E-state index is 12.3.